The summed E-state index contributed by atoms with van der Waals surface area (Å²) in [6.07, 6.45) is 8.49. The molecule has 1 aliphatic heterocycles. The number of carbonyl (C=O) groups is 2. The molecule has 1 atom stereocenters. The van der Waals surface area contributed by atoms with Gasteiger partial charge in [-0.15, -0.1) is 0 Å². The predicted molar refractivity (Wildman–Crippen MR) is 136 cm³/mol. The van der Waals surface area contributed by atoms with Gasteiger partial charge in [0, 0.05) is 49.5 Å². The van der Waals surface area contributed by atoms with Crippen molar-refractivity contribution in [2.75, 3.05) is 18.5 Å². The van der Waals surface area contributed by atoms with Gasteiger partial charge in [-0.1, -0.05) is 6.07 Å². The Hall–Kier alpha value is -3.46. The van der Waals surface area contributed by atoms with E-state index in [0.717, 1.165) is 61.1 Å². The van der Waals surface area contributed by atoms with Crippen LogP contribution in [-0.2, 0) is 29.4 Å². The summed E-state index contributed by atoms with van der Waals surface area (Å²) >= 11 is 0. The molecule has 0 saturated heterocycles. The van der Waals surface area contributed by atoms with Crippen molar-refractivity contribution in [1.29, 1.82) is 0 Å². The van der Waals surface area contributed by atoms with Crippen molar-refractivity contribution in [3.63, 3.8) is 0 Å². The number of benzene rings is 1. The van der Waals surface area contributed by atoms with E-state index in [1.54, 1.807) is 22.9 Å². The van der Waals surface area contributed by atoms with Crippen molar-refractivity contribution in [2.24, 2.45) is 13.0 Å². The number of fused-ring (bicyclic) bond motifs is 2. The van der Waals surface area contributed by atoms with Crippen LogP contribution in [0.3, 0.4) is 0 Å². The largest absolute Gasteiger partial charge is 0.480 e. The molecule has 1 saturated carbocycles. The van der Waals surface area contributed by atoms with Crippen LogP contribution in [0.5, 0.6) is 0 Å². The maximum Gasteiger partial charge on any atom is 0.326 e. The number of aromatic nitrogens is 3. The molecule has 190 valence electrons. The number of nitrogens with one attached hydrogen (secondary N) is 2. The molecule has 2 aromatic heterocycles. The van der Waals surface area contributed by atoms with E-state index in [1.165, 1.54) is 12.0 Å². The third kappa shape index (κ3) is 5.67. The van der Waals surface area contributed by atoms with Crippen LogP contribution in [0.1, 0.15) is 53.7 Å². The van der Waals surface area contributed by atoms with Crippen LogP contribution in [0, 0.1) is 5.92 Å². The van der Waals surface area contributed by atoms with E-state index in [2.05, 4.69) is 27.9 Å². The van der Waals surface area contributed by atoms with Gasteiger partial charge in [0.2, 0.25) is 0 Å². The van der Waals surface area contributed by atoms with Gasteiger partial charge in [-0.05, 0) is 74.3 Å². The summed E-state index contributed by atoms with van der Waals surface area (Å²) in [5.74, 6) is 0.181. The van der Waals surface area contributed by atoms with E-state index in [4.69, 9.17) is 9.72 Å². The van der Waals surface area contributed by atoms with Gasteiger partial charge in [0.25, 0.3) is 5.91 Å². The molecule has 0 unspecified atom stereocenters. The lowest BCUT2D eigenvalue weighted by atomic mass is 9.79. The number of pyridine rings is 1. The van der Waals surface area contributed by atoms with E-state index in [1.807, 2.05) is 13.2 Å². The molecular weight excluding hydrogens is 458 g/mol. The van der Waals surface area contributed by atoms with Crippen molar-refractivity contribution in [3.8, 4) is 0 Å². The second kappa shape index (κ2) is 10.7. The molecule has 3 heterocycles. The number of rotatable bonds is 10. The molecule has 0 radical (unpaired) electrons. The fraction of sp³-hybridized carbons (Fsp3) is 0.481. The van der Waals surface area contributed by atoms with Crippen molar-refractivity contribution in [2.45, 2.75) is 57.1 Å². The number of amides is 1. The smallest absolute Gasteiger partial charge is 0.326 e. The van der Waals surface area contributed by atoms with E-state index in [9.17, 15) is 14.7 Å². The van der Waals surface area contributed by atoms with Gasteiger partial charge >= 0.3 is 5.97 Å². The first-order valence-corrected chi connectivity index (χ1v) is 12.8. The lowest BCUT2D eigenvalue weighted by Gasteiger charge is -2.35. The Kier molecular flexibility index (Phi) is 7.18. The summed E-state index contributed by atoms with van der Waals surface area (Å²) in [7, 11) is 1.81. The Labute approximate surface area is 210 Å². The van der Waals surface area contributed by atoms with Gasteiger partial charge in [0.15, 0.2) is 0 Å². The van der Waals surface area contributed by atoms with Gasteiger partial charge in [-0.2, -0.15) is 5.10 Å². The summed E-state index contributed by atoms with van der Waals surface area (Å²) in [5, 5.41) is 20.7. The Morgan fingerprint density at radius 2 is 2.14 bits per heavy atom. The standard InChI is InChI=1S/C27H33N5O4/c1-32-16-20-15-19(6-9-23(20)31-32)26(33)30-24(27(34)35)10-12-36-22-13-17(14-22)4-7-21-8-5-18-3-2-11-28-25(18)29-21/h5-6,8-9,15-17,22,24H,2-4,7,10-14H2,1H3,(H,28,29)(H,30,33)(H,34,35)/t17?,22?,24-/m0/s1. The van der Waals surface area contributed by atoms with Crippen LogP contribution in [-0.4, -0.2) is 57.0 Å². The molecule has 1 aliphatic carbocycles. The van der Waals surface area contributed by atoms with E-state index in [-0.39, 0.29) is 12.5 Å². The Morgan fingerprint density at radius 1 is 1.28 bits per heavy atom. The number of hydrogen-bond donors (Lipinski definition) is 3. The van der Waals surface area contributed by atoms with Crippen molar-refractivity contribution in [1.82, 2.24) is 20.1 Å². The molecule has 1 fully saturated rings. The van der Waals surface area contributed by atoms with E-state index < -0.39 is 17.9 Å². The number of aryl methyl sites for hydroxylation is 3. The van der Waals surface area contributed by atoms with Crippen LogP contribution in [0.25, 0.3) is 10.9 Å². The molecule has 3 aromatic rings. The Morgan fingerprint density at radius 3 is 2.97 bits per heavy atom. The number of carbonyl (C=O) groups excluding carboxylic acids is 1. The quantitative estimate of drug-likeness (QED) is 0.398. The zero-order valence-electron chi connectivity index (χ0n) is 20.6. The highest BCUT2D eigenvalue weighted by atomic mass is 16.5. The normalized spacial score (nSPS) is 19.7. The van der Waals surface area contributed by atoms with Crippen LogP contribution in [0.2, 0.25) is 0 Å². The highest BCUT2D eigenvalue weighted by molar-refractivity contribution is 5.99. The van der Waals surface area contributed by atoms with Crippen LogP contribution >= 0.6 is 0 Å². The lowest BCUT2D eigenvalue weighted by Crippen LogP contribution is -2.42. The predicted octanol–water partition coefficient (Wildman–Crippen LogP) is 3.33. The second-order valence-electron chi connectivity index (χ2n) is 9.94. The van der Waals surface area contributed by atoms with Crippen molar-refractivity contribution in [3.05, 3.63) is 53.3 Å². The van der Waals surface area contributed by atoms with Gasteiger partial charge in [-0.25, -0.2) is 9.78 Å². The molecule has 1 aromatic carbocycles. The van der Waals surface area contributed by atoms with Gasteiger partial charge < -0.3 is 20.5 Å². The number of ether oxygens (including phenoxy) is 1. The summed E-state index contributed by atoms with van der Waals surface area (Å²) in [6, 6.07) is 8.48. The van der Waals surface area contributed by atoms with Crippen LogP contribution in [0.15, 0.2) is 36.5 Å². The van der Waals surface area contributed by atoms with Crippen LogP contribution in [0.4, 0.5) is 5.82 Å². The van der Waals surface area contributed by atoms with Crippen molar-refractivity contribution >= 4 is 28.6 Å². The minimum absolute atomic E-state index is 0.159. The molecule has 3 N–H and O–H groups in total. The zero-order valence-corrected chi connectivity index (χ0v) is 20.6. The van der Waals surface area contributed by atoms with Crippen molar-refractivity contribution < 1.29 is 19.4 Å². The minimum atomic E-state index is -1.06. The summed E-state index contributed by atoms with van der Waals surface area (Å²) in [4.78, 5) is 29.1. The Bertz CT molecular complexity index is 1250. The molecule has 9 heteroatoms. The number of aliphatic carboxylic acids is 1. The maximum absolute atomic E-state index is 12.6. The molecule has 9 nitrogen and oxygen atoms in total. The minimum Gasteiger partial charge on any atom is -0.480 e. The average Bonchev–Trinajstić information content (AvgIpc) is 3.22. The van der Waals surface area contributed by atoms with E-state index >= 15 is 0 Å². The number of anilines is 1. The molecule has 0 bridgehead atoms. The fourth-order valence-corrected chi connectivity index (χ4v) is 5.05. The fourth-order valence-electron chi connectivity index (χ4n) is 5.05. The highest BCUT2D eigenvalue weighted by Gasteiger charge is 2.30. The molecular formula is C27H33N5O4. The highest BCUT2D eigenvalue weighted by Crippen LogP contribution is 2.34. The average molecular weight is 492 g/mol. The third-order valence-corrected chi connectivity index (χ3v) is 7.20. The number of nitrogens with zero attached hydrogens (tertiary/aromatic N) is 3. The third-order valence-electron chi connectivity index (χ3n) is 7.20. The molecule has 2 aliphatic rings. The van der Waals surface area contributed by atoms with Gasteiger partial charge in [0.1, 0.15) is 11.9 Å². The van der Waals surface area contributed by atoms with Gasteiger partial charge in [0.05, 0.1) is 11.6 Å². The molecule has 36 heavy (non-hydrogen) atoms. The summed E-state index contributed by atoms with van der Waals surface area (Å²) in [6.45, 7) is 1.30. The lowest BCUT2D eigenvalue weighted by molar-refractivity contribution is -0.140. The molecule has 1 amide bonds. The van der Waals surface area contributed by atoms with Crippen LogP contribution < -0.4 is 10.6 Å². The first-order valence-electron chi connectivity index (χ1n) is 12.8. The Balaban J connectivity index is 1.03. The monoisotopic (exact) mass is 491 g/mol. The van der Waals surface area contributed by atoms with Gasteiger partial charge in [-0.3, -0.25) is 9.48 Å². The second-order valence-corrected chi connectivity index (χ2v) is 9.94. The molecule has 0 spiro atoms. The number of carboxylic acids is 1. The first-order chi connectivity index (χ1) is 17.4. The number of carboxylic acid groups (broad SMARTS) is 1. The SMILES string of the molecule is Cn1cc2cc(C(=O)N[C@@H](CCOC3CC(CCc4ccc5c(n4)NCCC5)C3)C(=O)O)ccc2n1. The summed E-state index contributed by atoms with van der Waals surface area (Å²) < 4.78 is 7.59. The topological polar surface area (TPSA) is 118 Å². The zero-order chi connectivity index (χ0) is 25.1. The number of hydrogen-bond acceptors (Lipinski definition) is 6. The van der Waals surface area contributed by atoms with E-state index in [0.29, 0.717) is 18.1 Å². The maximum atomic E-state index is 12.6. The summed E-state index contributed by atoms with van der Waals surface area (Å²) in [5.41, 5.74) is 3.64. The molecule has 5 rings (SSSR count). The first kappa shape index (κ1) is 24.2.